The molecule has 0 saturated carbocycles. The van der Waals surface area contributed by atoms with E-state index in [0.29, 0.717) is 16.8 Å². The van der Waals surface area contributed by atoms with Crippen molar-refractivity contribution in [1.29, 1.82) is 0 Å². The van der Waals surface area contributed by atoms with Crippen molar-refractivity contribution in [2.45, 2.75) is 13.0 Å². The molecule has 0 N–H and O–H groups in total. The molecule has 2 aromatic rings. The Labute approximate surface area is 162 Å². The standard InChI is InChI=1S/C19H19N4O4P/c1-14(27-28(26,21-9-10-21)22-11-12-22)16-5-8-19(23(24)25)18(13-16)15-3-6-17(20-2)7-4-15/h3-8,13-14H,9-12H2,1H3. The highest BCUT2D eigenvalue weighted by molar-refractivity contribution is 7.54. The van der Waals surface area contributed by atoms with Crippen LogP contribution < -0.4 is 0 Å². The van der Waals surface area contributed by atoms with E-state index in [0.717, 1.165) is 31.7 Å². The zero-order valence-corrected chi connectivity index (χ0v) is 16.2. The lowest BCUT2D eigenvalue weighted by Gasteiger charge is -2.24. The summed E-state index contributed by atoms with van der Waals surface area (Å²) in [5.74, 6) is 0. The second-order valence-electron chi connectivity index (χ2n) is 6.84. The molecule has 0 aromatic heterocycles. The van der Waals surface area contributed by atoms with Gasteiger partial charge in [0.15, 0.2) is 5.69 Å². The summed E-state index contributed by atoms with van der Waals surface area (Å²) in [4.78, 5) is 14.4. The first-order valence-corrected chi connectivity index (χ1v) is 10.5. The van der Waals surface area contributed by atoms with Crippen molar-refractivity contribution in [3.05, 3.63) is 69.6 Å². The van der Waals surface area contributed by atoms with Crippen LogP contribution in [0.2, 0.25) is 0 Å². The number of nitro groups is 1. The maximum absolute atomic E-state index is 13.2. The van der Waals surface area contributed by atoms with Crippen LogP contribution in [-0.4, -0.2) is 40.4 Å². The minimum atomic E-state index is -2.99. The number of hydrogen-bond donors (Lipinski definition) is 0. The quantitative estimate of drug-likeness (QED) is 0.222. The molecule has 1 unspecified atom stereocenters. The second-order valence-corrected chi connectivity index (χ2v) is 9.16. The van der Waals surface area contributed by atoms with Crippen LogP contribution in [0.3, 0.4) is 0 Å². The molecule has 0 amide bonds. The van der Waals surface area contributed by atoms with Gasteiger partial charge in [0.2, 0.25) is 0 Å². The molecular weight excluding hydrogens is 379 g/mol. The Morgan fingerprint density at radius 2 is 1.75 bits per heavy atom. The predicted molar refractivity (Wildman–Crippen MR) is 105 cm³/mol. The van der Waals surface area contributed by atoms with Crippen molar-refractivity contribution < 1.29 is 14.0 Å². The fourth-order valence-corrected chi connectivity index (χ4v) is 5.43. The van der Waals surface area contributed by atoms with Crippen LogP contribution in [0.5, 0.6) is 0 Å². The van der Waals surface area contributed by atoms with Gasteiger partial charge in [-0.15, -0.1) is 0 Å². The molecule has 2 heterocycles. The molecule has 2 aliphatic rings. The minimum absolute atomic E-state index is 0.0217. The van der Waals surface area contributed by atoms with E-state index in [1.807, 2.05) is 16.3 Å². The topological polar surface area (TPSA) is 79.8 Å². The summed E-state index contributed by atoms with van der Waals surface area (Å²) in [6.45, 7) is 11.9. The maximum Gasteiger partial charge on any atom is 0.346 e. The normalized spacial score (nSPS) is 17.7. The van der Waals surface area contributed by atoms with Crippen LogP contribution in [0.4, 0.5) is 11.4 Å². The maximum atomic E-state index is 13.2. The first-order valence-electron chi connectivity index (χ1n) is 8.98. The molecule has 9 heteroatoms. The van der Waals surface area contributed by atoms with E-state index in [9.17, 15) is 14.7 Å². The molecular formula is C19H19N4O4P. The molecule has 0 bridgehead atoms. The highest BCUT2D eigenvalue weighted by atomic mass is 31.2. The number of hydrogen-bond acceptors (Lipinski definition) is 4. The third-order valence-electron chi connectivity index (χ3n) is 4.85. The van der Waals surface area contributed by atoms with Crippen molar-refractivity contribution in [3.63, 3.8) is 0 Å². The fraction of sp³-hybridized carbons (Fsp3) is 0.316. The molecule has 0 radical (unpaired) electrons. The van der Waals surface area contributed by atoms with Crippen LogP contribution in [0.1, 0.15) is 18.6 Å². The largest absolute Gasteiger partial charge is 0.346 e. The van der Waals surface area contributed by atoms with Crippen molar-refractivity contribution in [1.82, 2.24) is 9.34 Å². The Hall–Kier alpha value is -2.56. The number of benzene rings is 2. The first kappa shape index (κ1) is 18.8. The van der Waals surface area contributed by atoms with E-state index in [1.54, 1.807) is 36.4 Å². The van der Waals surface area contributed by atoms with Crippen molar-refractivity contribution in [2.75, 3.05) is 26.2 Å². The monoisotopic (exact) mass is 398 g/mol. The van der Waals surface area contributed by atoms with Gasteiger partial charge in [-0.1, -0.05) is 24.3 Å². The minimum Gasteiger partial charge on any atom is -0.298 e. The summed E-state index contributed by atoms with van der Waals surface area (Å²) in [5.41, 5.74) is 2.26. The van der Waals surface area contributed by atoms with Gasteiger partial charge in [0.1, 0.15) is 0 Å². The lowest BCUT2D eigenvalue weighted by Crippen LogP contribution is -2.10. The molecule has 2 fully saturated rings. The third kappa shape index (κ3) is 3.58. The zero-order chi connectivity index (χ0) is 19.9. The smallest absolute Gasteiger partial charge is 0.298 e. The summed E-state index contributed by atoms with van der Waals surface area (Å²) < 4.78 is 22.9. The molecule has 2 aromatic carbocycles. The van der Waals surface area contributed by atoms with Gasteiger partial charge in [-0.2, -0.15) is 0 Å². The number of nitrogens with zero attached hydrogens (tertiary/aromatic N) is 4. The molecule has 0 aliphatic carbocycles. The number of nitro benzene ring substituents is 1. The van der Waals surface area contributed by atoms with Gasteiger partial charge < -0.3 is 0 Å². The molecule has 28 heavy (non-hydrogen) atoms. The van der Waals surface area contributed by atoms with Crippen LogP contribution in [-0.2, 0) is 9.09 Å². The average Bonchev–Trinajstić information content (AvgIpc) is 3.59. The van der Waals surface area contributed by atoms with E-state index in [-0.39, 0.29) is 5.69 Å². The SMILES string of the molecule is [C-]#[N+]c1ccc(-c2cc(C(C)OP(=O)(N3CC3)N3CC3)ccc2[N+](=O)[O-])cc1. The van der Waals surface area contributed by atoms with E-state index < -0.39 is 18.7 Å². The second kappa shape index (κ2) is 7.12. The van der Waals surface area contributed by atoms with Crippen molar-refractivity contribution in [2.24, 2.45) is 0 Å². The van der Waals surface area contributed by atoms with Crippen LogP contribution in [0.15, 0.2) is 42.5 Å². The van der Waals surface area contributed by atoms with Gasteiger partial charge in [0, 0.05) is 32.2 Å². The van der Waals surface area contributed by atoms with Crippen LogP contribution in [0, 0.1) is 16.7 Å². The summed E-state index contributed by atoms with van der Waals surface area (Å²) in [6, 6.07) is 11.5. The first-order chi connectivity index (χ1) is 13.4. The summed E-state index contributed by atoms with van der Waals surface area (Å²) in [7, 11) is -2.99. The van der Waals surface area contributed by atoms with E-state index in [2.05, 4.69) is 4.85 Å². The lowest BCUT2D eigenvalue weighted by molar-refractivity contribution is -0.384. The zero-order valence-electron chi connectivity index (χ0n) is 15.3. The van der Waals surface area contributed by atoms with Gasteiger partial charge in [-0.25, -0.2) is 14.2 Å². The third-order valence-corrected chi connectivity index (χ3v) is 7.67. The van der Waals surface area contributed by atoms with E-state index in [4.69, 9.17) is 11.1 Å². The van der Waals surface area contributed by atoms with Gasteiger partial charge >= 0.3 is 7.67 Å². The molecule has 8 nitrogen and oxygen atoms in total. The molecule has 4 rings (SSSR count). The van der Waals surface area contributed by atoms with Crippen LogP contribution >= 0.6 is 7.67 Å². The molecule has 2 saturated heterocycles. The van der Waals surface area contributed by atoms with Crippen LogP contribution in [0.25, 0.3) is 16.0 Å². The highest BCUT2D eigenvalue weighted by Gasteiger charge is 2.50. The summed E-state index contributed by atoms with van der Waals surface area (Å²) in [6.07, 6.45) is -0.478. The Balaban J connectivity index is 1.67. The molecule has 2 aliphatic heterocycles. The van der Waals surface area contributed by atoms with E-state index >= 15 is 0 Å². The van der Waals surface area contributed by atoms with Crippen molar-refractivity contribution >= 4 is 19.0 Å². The lowest BCUT2D eigenvalue weighted by atomic mass is 9.99. The molecule has 0 spiro atoms. The van der Waals surface area contributed by atoms with Gasteiger partial charge in [0.25, 0.3) is 5.69 Å². The molecule has 1 atom stereocenters. The highest BCUT2D eigenvalue weighted by Crippen LogP contribution is 2.63. The summed E-state index contributed by atoms with van der Waals surface area (Å²) >= 11 is 0. The van der Waals surface area contributed by atoms with Gasteiger partial charge in [-0.3, -0.25) is 19.2 Å². The Kier molecular flexibility index (Phi) is 4.77. The Morgan fingerprint density at radius 3 is 2.25 bits per heavy atom. The van der Waals surface area contributed by atoms with E-state index in [1.165, 1.54) is 6.07 Å². The van der Waals surface area contributed by atoms with Gasteiger partial charge in [0.05, 0.1) is 23.2 Å². The fourth-order valence-electron chi connectivity index (χ4n) is 3.09. The van der Waals surface area contributed by atoms with Gasteiger partial charge in [-0.05, 0) is 30.2 Å². The Bertz CT molecular complexity index is 994. The number of rotatable bonds is 7. The van der Waals surface area contributed by atoms with Crippen molar-refractivity contribution in [3.8, 4) is 11.1 Å². The predicted octanol–water partition coefficient (Wildman–Crippen LogP) is 4.63. The summed E-state index contributed by atoms with van der Waals surface area (Å²) in [5, 5.41) is 11.5. The molecule has 144 valence electrons. The Morgan fingerprint density at radius 1 is 1.14 bits per heavy atom. The average molecular weight is 398 g/mol.